The molecule has 1 amide bonds. The van der Waals surface area contributed by atoms with Crippen molar-refractivity contribution in [1.82, 2.24) is 5.32 Å². The van der Waals surface area contributed by atoms with Crippen molar-refractivity contribution >= 4 is 5.91 Å². The number of rotatable bonds is 8. The average Bonchev–Trinajstić information content (AvgIpc) is 2.46. The summed E-state index contributed by atoms with van der Waals surface area (Å²) in [5.41, 5.74) is 7.10. The van der Waals surface area contributed by atoms with Crippen molar-refractivity contribution in [2.75, 3.05) is 13.7 Å². The third kappa shape index (κ3) is 6.17. The number of hydrogen-bond donors (Lipinski definition) is 2. The number of hydrogen-bond acceptors (Lipinski definition) is 3. The number of carbonyl (C=O) groups is 1. The minimum atomic E-state index is -0.402. The maximum Gasteiger partial charge on any atom is 0.236 e. The first-order valence-corrected chi connectivity index (χ1v) is 7.61. The highest BCUT2D eigenvalue weighted by Crippen LogP contribution is 2.21. The zero-order valence-electron chi connectivity index (χ0n) is 13.6. The van der Waals surface area contributed by atoms with Gasteiger partial charge in [-0.15, -0.1) is 0 Å². The summed E-state index contributed by atoms with van der Waals surface area (Å²) in [5.74, 6) is 1.63. The van der Waals surface area contributed by atoms with E-state index in [-0.39, 0.29) is 5.91 Å². The van der Waals surface area contributed by atoms with Crippen LogP contribution in [0.2, 0.25) is 0 Å². The molecule has 0 aliphatic carbocycles. The molecule has 4 heteroatoms. The predicted octanol–water partition coefficient (Wildman–Crippen LogP) is 2.68. The van der Waals surface area contributed by atoms with Crippen molar-refractivity contribution in [2.45, 2.75) is 45.6 Å². The Kier molecular flexibility index (Phi) is 7.23. The zero-order chi connectivity index (χ0) is 15.8. The maximum atomic E-state index is 11.8. The summed E-state index contributed by atoms with van der Waals surface area (Å²) in [7, 11) is 1.66. The number of carbonyl (C=O) groups excluding carboxylic acids is 1. The molecule has 118 valence electrons. The van der Waals surface area contributed by atoms with Gasteiger partial charge in [0, 0.05) is 6.54 Å². The van der Waals surface area contributed by atoms with Gasteiger partial charge in [0.1, 0.15) is 5.75 Å². The highest BCUT2D eigenvalue weighted by molar-refractivity contribution is 5.81. The zero-order valence-corrected chi connectivity index (χ0v) is 13.6. The monoisotopic (exact) mass is 292 g/mol. The van der Waals surface area contributed by atoms with Gasteiger partial charge in [0.05, 0.1) is 13.2 Å². The van der Waals surface area contributed by atoms with Gasteiger partial charge >= 0.3 is 0 Å². The smallest absolute Gasteiger partial charge is 0.236 e. The summed E-state index contributed by atoms with van der Waals surface area (Å²) >= 11 is 0. The van der Waals surface area contributed by atoms with E-state index in [1.165, 1.54) is 5.56 Å². The number of methoxy groups -OCH3 is 1. The molecule has 2 atom stereocenters. The van der Waals surface area contributed by atoms with E-state index in [4.69, 9.17) is 10.5 Å². The largest absolute Gasteiger partial charge is 0.497 e. The van der Waals surface area contributed by atoms with E-state index in [1.807, 2.05) is 12.1 Å². The quantitative estimate of drug-likeness (QED) is 0.774. The summed E-state index contributed by atoms with van der Waals surface area (Å²) in [6, 6.07) is 7.65. The first kappa shape index (κ1) is 17.5. The van der Waals surface area contributed by atoms with Crippen LogP contribution in [0.15, 0.2) is 24.3 Å². The second kappa shape index (κ2) is 8.67. The topological polar surface area (TPSA) is 64.3 Å². The molecule has 1 aromatic carbocycles. The van der Waals surface area contributed by atoms with Gasteiger partial charge in [-0.25, -0.2) is 0 Å². The lowest BCUT2D eigenvalue weighted by Crippen LogP contribution is -2.41. The third-order valence-electron chi connectivity index (χ3n) is 3.62. The Labute approximate surface area is 128 Å². The van der Waals surface area contributed by atoms with Crippen LogP contribution in [0.3, 0.4) is 0 Å². The molecule has 0 saturated carbocycles. The fourth-order valence-electron chi connectivity index (χ4n) is 2.26. The second-order valence-corrected chi connectivity index (χ2v) is 5.99. The van der Waals surface area contributed by atoms with Crippen LogP contribution in [0.1, 0.15) is 45.1 Å². The lowest BCUT2D eigenvalue weighted by Gasteiger charge is -2.16. The molecule has 0 aromatic heterocycles. The van der Waals surface area contributed by atoms with Crippen molar-refractivity contribution in [3.63, 3.8) is 0 Å². The molecule has 1 aromatic rings. The Morgan fingerprint density at radius 1 is 1.24 bits per heavy atom. The fourth-order valence-corrected chi connectivity index (χ4v) is 2.26. The molecule has 3 N–H and O–H groups in total. The highest BCUT2D eigenvalue weighted by atomic mass is 16.5. The Bertz CT molecular complexity index is 429. The van der Waals surface area contributed by atoms with Crippen LogP contribution in [0.5, 0.6) is 5.75 Å². The maximum absolute atomic E-state index is 11.8. The van der Waals surface area contributed by atoms with Crippen LogP contribution in [0.25, 0.3) is 0 Å². The summed E-state index contributed by atoms with van der Waals surface area (Å²) in [5, 5.41) is 2.92. The van der Waals surface area contributed by atoms with E-state index in [2.05, 4.69) is 38.2 Å². The molecule has 4 nitrogen and oxygen atoms in total. The average molecular weight is 292 g/mol. The van der Waals surface area contributed by atoms with Gasteiger partial charge in [0.15, 0.2) is 0 Å². The van der Waals surface area contributed by atoms with Crippen LogP contribution >= 0.6 is 0 Å². The molecule has 0 saturated heterocycles. The van der Waals surface area contributed by atoms with E-state index in [9.17, 15) is 4.79 Å². The van der Waals surface area contributed by atoms with Gasteiger partial charge in [-0.2, -0.15) is 0 Å². The van der Waals surface area contributed by atoms with Gasteiger partial charge in [-0.1, -0.05) is 32.9 Å². The van der Waals surface area contributed by atoms with Crippen molar-refractivity contribution in [3.05, 3.63) is 29.8 Å². The highest BCUT2D eigenvalue weighted by Gasteiger charge is 2.14. The van der Waals surface area contributed by atoms with Crippen LogP contribution in [0, 0.1) is 5.92 Å². The van der Waals surface area contributed by atoms with Gasteiger partial charge in [0.2, 0.25) is 5.91 Å². The molecule has 21 heavy (non-hydrogen) atoms. The van der Waals surface area contributed by atoms with Gasteiger partial charge in [0.25, 0.3) is 0 Å². The number of benzene rings is 1. The van der Waals surface area contributed by atoms with Crippen molar-refractivity contribution < 1.29 is 9.53 Å². The molecule has 0 bridgehead atoms. The summed E-state index contributed by atoms with van der Waals surface area (Å²) < 4.78 is 5.15. The Hall–Kier alpha value is -1.55. The normalized spacial score (nSPS) is 13.8. The van der Waals surface area contributed by atoms with Crippen molar-refractivity contribution in [2.24, 2.45) is 11.7 Å². The van der Waals surface area contributed by atoms with Crippen molar-refractivity contribution in [1.29, 1.82) is 0 Å². The molecule has 0 aliphatic heterocycles. The van der Waals surface area contributed by atoms with E-state index in [1.54, 1.807) is 7.11 Å². The molecule has 0 aliphatic rings. The number of amides is 1. The second-order valence-electron chi connectivity index (χ2n) is 5.99. The Morgan fingerprint density at radius 3 is 2.38 bits per heavy atom. The minimum absolute atomic E-state index is 0.0503. The predicted molar refractivity (Wildman–Crippen MR) is 86.5 cm³/mol. The van der Waals surface area contributed by atoms with Crippen LogP contribution in [0.4, 0.5) is 0 Å². The molecule has 1 unspecified atom stereocenters. The van der Waals surface area contributed by atoms with E-state index in [0.29, 0.717) is 18.4 Å². The molecule has 0 heterocycles. The van der Waals surface area contributed by atoms with Gasteiger partial charge < -0.3 is 15.8 Å². The lowest BCUT2D eigenvalue weighted by molar-refractivity contribution is -0.122. The van der Waals surface area contributed by atoms with Crippen LogP contribution in [-0.4, -0.2) is 25.6 Å². The minimum Gasteiger partial charge on any atom is -0.497 e. The Morgan fingerprint density at radius 2 is 1.86 bits per heavy atom. The SMILES string of the molecule is COc1ccc(C(C)CCNC(=O)[C@@H](N)CC(C)C)cc1. The molecular weight excluding hydrogens is 264 g/mol. The van der Waals surface area contributed by atoms with Crippen LogP contribution in [-0.2, 0) is 4.79 Å². The van der Waals surface area contributed by atoms with E-state index < -0.39 is 6.04 Å². The number of ether oxygens (including phenoxy) is 1. The summed E-state index contributed by atoms with van der Waals surface area (Å²) in [6.45, 7) is 6.94. The van der Waals surface area contributed by atoms with Gasteiger partial charge in [-0.3, -0.25) is 4.79 Å². The Balaban J connectivity index is 2.35. The standard InChI is InChI=1S/C17H28N2O2/c1-12(2)11-16(18)17(20)19-10-9-13(3)14-5-7-15(21-4)8-6-14/h5-8,12-13,16H,9-11,18H2,1-4H3,(H,19,20)/t13?,16-/m0/s1. The first-order chi connectivity index (χ1) is 9.93. The molecular formula is C17H28N2O2. The summed E-state index contributed by atoms with van der Waals surface area (Å²) in [4.78, 5) is 11.8. The molecule has 0 spiro atoms. The first-order valence-electron chi connectivity index (χ1n) is 7.61. The third-order valence-corrected chi connectivity index (χ3v) is 3.62. The van der Waals surface area contributed by atoms with Crippen molar-refractivity contribution in [3.8, 4) is 5.75 Å². The number of nitrogens with two attached hydrogens (primary N) is 1. The lowest BCUT2D eigenvalue weighted by atomic mass is 9.97. The molecule has 1 rings (SSSR count). The number of nitrogens with one attached hydrogen (secondary N) is 1. The van der Waals surface area contributed by atoms with Gasteiger partial charge in [-0.05, 0) is 42.4 Å². The fraction of sp³-hybridized carbons (Fsp3) is 0.588. The van der Waals surface area contributed by atoms with E-state index in [0.717, 1.165) is 18.6 Å². The van der Waals surface area contributed by atoms with Crippen LogP contribution < -0.4 is 15.8 Å². The summed E-state index contributed by atoms with van der Waals surface area (Å²) in [6.07, 6.45) is 1.62. The molecule has 0 radical (unpaired) electrons. The van der Waals surface area contributed by atoms with E-state index >= 15 is 0 Å². The molecule has 0 fully saturated rings.